The van der Waals surface area contributed by atoms with Crippen molar-refractivity contribution in [2.75, 3.05) is 0 Å². The molecule has 0 N–H and O–H groups in total. The molecule has 45 heavy (non-hydrogen) atoms. The Morgan fingerprint density at radius 3 is 1.64 bits per heavy atom. The predicted octanol–water partition coefficient (Wildman–Crippen LogP) is 11.6. The standard InChI is InChI=1S/C43H26N2/c1-3-9-40-35(7-1)36-8-2-4-10-41(36)45(40)32-18-11-27(12-19-32)33-20-13-28-16-23-38-34(21-14-29-15-22-37(33)42(28)43(29)38)30-17-24-39-31(26-30)6-5-25-44-39/h1-26H. The van der Waals surface area contributed by atoms with Crippen LogP contribution in [0.3, 0.4) is 0 Å². The van der Waals surface area contributed by atoms with Gasteiger partial charge in [-0.2, -0.15) is 0 Å². The Labute approximate surface area is 259 Å². The largest absolute Gasteiger partial charge is 0.309 e. The Kier molecular flexibility index (Phi) is 5.03. The smallest absolute Gasteiger partial charge is 0.0702 e. The molecule has 0 spiro atoms. The summed E-state index contributed by atoms with van der Waals surface area (Å²) in [5.41, 5.74) is 9.60. The molecule has 2 aromatic heterocycles. The molecule has 0 amide bonds. The summed E-state index contributed by atoms with van der Waals surface area (Å²) in [6.45, 7) is 0. The van der Waals surface area contributed by atoms with Crippen molar-refractivity contribution in [3.05, 3.63) is 158 Å². The summed E-state index contributed by atoms with van der Waals surface area (Å²) >= 11 is 0. The highest BCUT2D eigenvalue weighted by molar-refractivity contribution is 6.27. The van der Waals surface area contributed by atoms with Gasteiger partial charge in [-0.15, -0.1) is 0 Å². The van der Waals surface area contributed by atoms with Crippen molar-refractivity contribution >= 4 is 65.0 Å². The quantitative estimate of drug-likeness (QED) is 0.193. The van der Waals surface area contributed by atoms with Crippen LogP contribution in [0.1, 0.15) is 0 Å². The molecule has 2 nitrogen and oxygen atoms in total. The Morgan fingerprint density at radius 2 is 0.978 bits per heavy atom. The van der Waals surface area contributed by atoms with E-state index in [1.807, 2.05) is 12.3 Å². The summed E-state index contributed by atoms with van der Waals surface area (Å²) in [5.74, 6) is 0. The minimum absolute atomic E-state index is 1.02. The van der Waals surface area contributed by atoms with Gasteiger partial charge in [-0.05, 0) is 97.0 Å². The maximum atomic E-state index is 4.53. The highest BCUT2D eigenvalue weighted by Crippen LogP contribution is 2.43. The van der Waals surface area contributed by atoms with Gasteiger partial charge in [0.1, 0.15) is 0 Å². The van der Waals surface area contributed by atoms with Gasteiger partial charge in [0, 0.05) is 28.0 Å². The molecule has 10 aromatic rings. The van der Waals surface area contributed by atoms with Crippen LogP contribution in [0, 0.1) is 0 Å². The van der Waals surface area contributed by atoms with Crippen LogP contribution in [0.25, 0.3) is 93.0 Å². The molecule has 0 radical (unpaired) electrons. The second-order valence-electron chi connectivity index (χ2n) is 12.0. The van der Waals surface area contributed by atoms with Crippen molar-refractivity contribution in [3.8, 4) is 27.9 Å². The van der Waals surface area contributed by atoms with Crippen LogP contribution in [0.15, 0.2) is 158 Å². The van der Waals surface area contributed by atoms with E-state index in [1.54, 1.807) is 0 Å². The van der Waals surface area contributed by atoms with Crippen molar-refractivity contribution in [1.82, 2.24) is 9.55 Å². The lowest BCUT2D eigenvalue weighted by molar-refractivity contribution is 1.18. The predicted molar refractivity (Wildman–Crippen MR) is 191 cm³/mol. The summed E-state index contributed by atoms with van der Waals surface area (Å²) in [7, 11) is 0. The molecule has 8 aromatic carbocycles. The Bertz CT molecular complexity index is 2700. The summed E-state index contributed by atoms with van der Waals surface area (Å²) < 4.78 is 2.38. The second kappa shape index (κ2) is 9.25. The monoisotopic (exact) mass is 570 g/mol. The number of fused-ring (bicyclic) bond motifs is 4. The van der Waals surface area contributed by atoms with Crippen LogP contribution in [0.4, 0.5) is 0 Å². The number of hydrogen-bond acceptors (Lipinski definition) is 1. The minimum Gasteiger partial charge on any atom is -0.309 e. The van der Waals surface area contributed by atoms with Gasteiger partial charge in [0.2, 0.25) is 0 Å². The number of nitrogens with zero attached hydrogens (tertiary/aromatic N) is 2. The molecule has 10 rings (SSSR count). The maximum absolute atomic E-state index is 4.53. The molecule has 2 heterocycles. The number of pyridine rings is 1. The molecule has 0 atom stereocenters. The Morgan fingerprint density at radius 1 is 0.400 bits per heavy atom. The number of para-hydroxylation sites is 2. The van der Waals surface area contributed by atoms with Gasteiger partial charge < -0.3 is 4.57 Å². The molecule has 0 fully saturated rings. The maximum Gasteiger partial charge on any atom is 0.0702 e. The summed E-state index contributed by atoms with van der Waals surface area (Å²) in [6.07, 6.45) is 1.85. The van der Waals surface area contributed by atoms with Gasteiger partial charge in [-0.3, -0.25) is 4.98 Å². The van der Waals surface area contributed by atoms with Gasteiger partial charge in [-0.25, -0.2) is 0 Å². The Balaban J connectivity index is 1.15. The molecule has 0 aliphatic carbocycles. The first-order chi connectivity index (χ1) is 22.3. The van der Waals surface area contributed by atoms with E-state index >= 15 is 0 Å². The molecule has 0 saturated heterocycles. The van der Waals surface area contributed by atoms with Crippen molar-refractivity contribution in [2.24, 2.45) is 0 Å². The molecule has 0 saturated carbocycles. The fourth-order valence-electron chi connectivity index (χ4n) is 7.54. The fourth-order valence-corrected chi connectivity index (χ4v) is 7.54. The number of rotatable bonds is 3. The van der Waals surface area contributed by atoms with E-state index in [9.17, 15) is 0 Å². The SMILES string of the molecule is c1cnc2ccc(-c3ccc4ccc5c(-c6ccc(-n7c8ccccc8c8ccccc87)cc6)ccc6ccc3c4c65)cc2c1. The van der Waals surface area contributed by atoms with Crippen LogP contribution >= 0.6 is 0 Å². The Hall–Kier alpha value is -5.99. The van der Waals surface area contributed by atoms with Crippen molar-refractivity contribution in [3.63, 3.8) is 0 Å². The third kappa shape index (κ3) is 3.54. The van der Waals surface area contributed by atoms with Crippen LogP contribution in [-0.4, -0.2) is 9.55 Å². The average molecular weight is 571 g/mol. The third-order valence-corrected chi connectivity index (χ3v) is 9.60. The first-order valence-electron chi connectivity index (χ1n) is 15.5. The number of benzene rings is 8. The molecule has 0 bridgehead atoms. The lowest BCUT2D eigenvalue weighted by Crippen LogP contribution is -1.94. The molecule has 208 valence electrons. The molecule has 2 heteroatoms. The number of hydrogen-bond donors (Lipinski definition) is 0. The van der Waals surface area contributed by atoms with E-state index < -0.39 is 0 Å². The molecular formula is C43H26N2. The van der Waals surface area contributed by atoms with Gasteiger partial charge in [0.15, 0.2) is 0 Å². The zero-order chi connectivity index (χ0) is 29.5. The van der Waals surface area contributed by atoms with Crippen LogP contribution in [0.2, 0.25) is 0 Å². The zero-order valence-electron chi connectivity index (χ0n) is 24.4. The average Bonchev–Trinajstić information content (AvgIpc) is 3.45. The summed E-state index contributed by atoms with van der Waals surface area (Å²) in [4.78, 5) is 4.53. The van der Waals surface area contributed by atoms with E-state index in [0.29, 0.717) is 0 Å². The summed E-state index contributed by atoms with van der Waals surface area (Å²) in [6, 6.07) is 55.5. The molecule has 0 unspecified atom stereocenters. The van der Waals surface area contributed by atoms with E-state index in [4.69, 9.17) is 0 Å². The molecule has 0 aliphatic rings. The topological polar surface area (TPSA) is 17.8 Å². The molecular weight excluding hydrogens is 544 g/mol. The lowest BCUT2D eigenvalue weighted by atomic mass is 9.87. The third-order valence-electron chi connectivity index (χ3n) is 9.60. The van der Waals surface area contributed by atoms with Crippen molar-refractivity contribution < 1.29 is 0 Å². The van der Waals surface area contributed by atoms with Gasteiger partial charge in [0.25, 0.3) is 0 Å². The normalized spacial score (nSPS) is 12.0. The van der Waals surface area contributed by atoms with Gasteiger partial charge in [0.05, 0.1) is 16.6 Å². The molecule has 0 aliphatic heterocycles. The van der Waals surface area contributed by atoms with E-state index in [-0.39, 0.29) is 0 Å². The first kappa shape index (κ1) is 24.5. The van der Waals surface area contributed by atoms with Crippen LogP contribution in [0.5, 0.6) is 0 Å². The first-order valence-corrected chi connectivity index (χ1v) is 15.5. The van der Waals surface area contributed by atoms with E-state index in [1.165, 1.54) is 82.1 Å². The van der Waals surface area contributed by atoms with Crippen molar-refractivity contribution in [1.29, 1.82) is 0 Å². The van der Waals surface area contributed by atoms with Gasteiger partial charge >= 0.3 is 0 Å². The highest BCUT2D eigenvalue weighted by atomic mass is 15.0. The van der Waals surface area contributed by atoms with Gasteiger partial charge in [-0.1, -0.05) is 109 Å². The van der Waals surface area contributed by atoms with Crippen LogP contribution < -0.4 is 0 Å². The van der Waals surface area contributed by atoms with Crippen LogP contribution in [-0.2, 0) is 0 Å². The highest BCUT2D eigenvalue weighted by Gasteiger charge is 2.16. The fraction of sp³-hybridized carbons (Fsp3) is 0. The second-order valence-corrected chi connectivity index (χ2v) is 12.0. The lowest BCUT2D eigenvalue weighted by Gasteiger charge is -2.17. The minimum atomic E-state index is 1.02. The van der Waals surface area contributed by atoms with E-state index in [0.717, 1.165) is 10.9 Å². The summed E-state index contributed by atoms with van der Waals surface area (Å²) in [5, 5.41) is 11.5. The van der Waals surface area contributed by atoms with E-state index in [2.05, 4.69) is 155 Å². The number of aromatic nitrogens is 2. The van der Waals surface area contributed by atoms with Crippen molar-refractivity contribution in [2.45, 2.75) is 0 Å². The zero-order valence-corrected chi connectivity index (χ0v) is 24.4.